The van der Waals surface area contributed by atoms with E-state index in [1.807, 2.05) is 11.0 Å². The third-order valence-electron chi connectivity index (χ3n) is 7.06. The predicted molar refractivity (Wildman–Crippen MR) is 157 cm³/mol. The molecule has 8 nitrogen and oxygen atoms in total. The molecule has 0 saturated carbocycles. The summed E-state index contributed by atoms with van der Waals surface area (Å²) in [6.45, 7) is 8.38. The molecule has 1 amide bonds. The van der Waals surface area contributed by atoms with Crippen LogP contribution in [0.4, 0.5) is 5.82 Å². The Morgan fingerprint density at radius 3 is 2.48 bits per heavy atom. The zero-order chi connectivity index (χ0) is 28.1. The van der Waals surface area contributed by atoms with Crippen LogP contribution in [0.5, 0.6) is 11.5 Å². The Morgan fingerprint density at radius 1 is 0.950 bits per heavy atom. The monoisotopic (exact) mass is 540 g/mol. The topological polar surface area (TPSA) is 77.0 Å². The van der Waals surface area contributed by atoms with Crippen molar-refractivity contribution in [2.75, 3.05) is 52.0 Å². The van der Waals surface area contributed by atoms with Crippen LogP contribution in [0.3, 0.4) is 0 Å². The van der Waals surface area contributed by atoms with Crippen LogP contribution in [0.2, 0.25) is 0 Å². The Labute approximate surface area is 235 Å². The quantitative estimate of drug-likeness (QED) is 0.279. The maximum absolute atomic E-state index is 13.6. The van der Waals surface area contributed by atoms with E-state index in [0.29, 0.717) is 49.3 Å². The van der Waals surface area contributed by atoms with Crippen molar-refractivity contribution >= 4 is 22.6 Å². The number of methoxy groups -OCH3 is 2. The average molecular weight is 541 g/mol. The molecule has 0 radical (unpaired) electrons. The molecule has 4 aromatic rings. The molecule has 0 N–H and O–H groups in total. The van der Waals surface area contributed by atoms with E-state index in [-0.39, 0.29) is 5.91 Å². The fourth-order valence-electron chi connectivity index (χ4n) is 5.13. The second kappa shape index (κ2) is 12.3. The number of anilines is 1. The van der Waals surface area contributed by atoms with E-state index in [2.05, 4.69) is 65.1 Å². The number of fused-ring (bicyclic) bond motifs is 1. The number of hydrogen-bond donors (Lipinski definition) is 0. The van der Waals surface area contributed by atoms with Gasteiger partial charge in [0, 0.05) is 37.1 Å². The number of nitrogens with zero attached hydrogens (tertiary/aromatic N) is 4. The standard InChI is InChI=1S/C32H36N4O4/c1-22(2)19-36(32(37)26-9-11-29(38-3)30(18-26)39-4)20-23-6-5-7-24(16-23)25-8-10-28-27(17-25)31(34-21-33-28)35-12-14-40-15-13-35/h5-11,16-18,21-22H,12-15,19-20H2,1-4H3. The summed E-state index contributed by atoms with van der Waals surface area (Å²) in [7, 11) is 3.16. The van der Waals surface area contributed by atoms with Crippen molar-refractivity contribution < 1.29 is 19.0 Å². The third kappa shape index (κ3) is 6.02. The van der Waals surface area contributed by atoms with E-state index >= 15 is 0 Å². The molecule has 1 aromatic heterocycles. The number of aromatic nitrogens is 2. The number of hydrogen-bond acceptors (Lipinski definition) is 7. The van der Waals surface area contributed by atoms with Gasteiger partial charge in [-0.25, -0.2) is 9.97 Å². The Bertz CT molecular complexity index is 1480. The summed E-state index contributed by atoms with van der Waals surface area (Å²) in [5.74, 6) is 2.34. The molecule has 1 fully saturated rings. The zero-order valence-electron chi connectivity index (χ0n) is 23.6. The first-order chi connectivity index (χ1) is 19.5. The highest BCUT2D eigenvalue weighted by Crippen LogP contribution is 2.31. The summed E-state index contributed by atoms with van der Waals surface area (Å²) in [4.78, 5) is 26.9. The van der Waals surface area contributed by atoms with Crippen LogP contribution in [0, 0.1) is 5.92 Å². The Kier molecular flexibility index (Phi) is 8.45. The highest BCUT2D eigenvalue weighted by atomic mass is 16.5. The van der Waals surface area contributed by atoms with E-state index in [1.54, 1.807) is 38.7 Å². The molecule has 0 unspecified atom stereocenters. The van der Waals surface area contributed by atoms with Crippen LogP contribution in [0.25, 0.3) is 22.0 Å². The number of carbonyl (C=O) groups is 1. The van der Waals surface area contributed by atoms with Crippen LogP contribution in [0.1, 0.15) is 29.8 Å². The molecule has 40 heavy (non-hydrogen) atoms. The molecule has 0 aliphatic carbocycles. The van der Waals surface area contributed by atoms with Crippen molar-refractivity contribution in [3.8, 4) is 22.6 Å². The lowest BCUT2D eigenvalue weighted by atomic mass is 10.0. The minimum atomic E-state index is -0.0435. The molecule has 0 bridgehead atoms. The largest absolute Gasteiger partial charge is 0.493 e. The van der Waals surface area contributed by atoms with E-state index in [4.69, 9.17) is 14.2 Å². The van der Waals surface area contributed by atoms with Gasteiger partial charge in [0.2, 0.25) is 0 Å². The number of carbonyl (C=O) groups excluding carboxylic acids is 1. The molecular weight excluding hydrogens is 504 g/mol. The van der Waals surface area contributed by atoms with Crippen molar-refractivity contribution in [3.05, 3.63) is 78.1 Å². The van der Waals surface area contributed by atoms with Gasteiger partial charge < -0.3 is 24.0 Å². The highest BCUT2D eigenvalue weighted by molar-refractivity contribution is 5.95. The minimum absolute atomic E-state index is 0.0435. The third-order valence-corrected chi connectivity index (χ3v) is 7.06. The zero-order valence-corrected chi connectivity index (χ0v) is 23.6. The number of ether oxygens (including phenoxy) is 3. The first-order valence-electron chi connectivity index (χ1n) is 13.6. The van der Waals surface area contributed by atoms with Gasteiger partial charge in [-0.3, -0.25) is 4.79 Å². The Balaban J connectivity index is 1.43. The lowest BCUT2D eigenvalue weighted by Crippen LogP contribution is -2.36. The fraction of sp³-hybridized carbons (Fsp3) is 0.344. The van der Waals surface area contributed by atoms with Gasteiger partial charge in [0.25, 0.3) is 5.91 Å². The van der Waals surface area contributed by atoms with E-state index in [1.165, 1.54) is 0 Å². The fourth-order valence-corrected chi connectivity index (χ4v) is 5.13. The molecule has 1 saturated heterocycles. The highest BCUT2D eigenvalue weighted by Gasteiger charge is 2.20. The SMILES string of the molecule is COc1ccc(C(=O)N(Cc2cccc(-c3ccc4ncnc(N5CCOCC5)c4c3)c2)CC(C)C)cc1OC. The second-order valence-corrected chi connectivity index (χ2v) is 10.4. The van der Waals surface area contributed by atoms with Crippen LogP contribution < -0.4 is 14.4 Å². The number of amides is 1. The Hall–Kier alpha value is -4.17. The van der Waals surface area contributed by atoms with Crippen molar-refractivity contribution in [1.82, 2.24) is 14.9 Å². The summed E-state index contributed by atoms with van der Waals surface area (Å²) in [5.41, 5.74) is 4.71. The van der Waals surface area contributed by atoms with E-state index in [0.717, 1.165) is 46.5 Å². The number of rotatable bonds is 9. The van der Waals surface area contributed by atoms with Crippen molar-refractivity contribution in [2.45, 2.75) is 20.4 Å². The first kappa shape index (κ1) is 27.4. The van der Waals surface area contributed by atoms with Crippen LogP contribution in [-0.2, 0) is 11.3 Å². The second-order valence-electron chi connectivity index (χ2n) is 10.4. The molecule has 1 aliphatic rings. The molecular formula is C32H36N4O4. The summed E-state index contributed by atoms with van der Waals surface area (Å²) >= 11 is 0. The lowest BCUT2D eigenvalue weighted by molar-refractivity contribution is 0.0722. The van der Waals surface area contributed by atoms with E-state index in [9.17, 15) is 4.79 Å². The van der Waals surface area contributed by atoms with Crippen molar-refractivity contribution in [3.63, 3.8) is 0 Å². The molecule has 1 aliphatic heterocycles. The van der Waals surface area contributed by atoms with Gasteiger partial charge in [0.05, 0.1) is 33.0 Å². The van der Waals surface area contributed by atoms with Gasteiger partial charge >= 0.3 is 0 Å². The molecule has 3 aromatic carbocycles. The van der Waals surface area contributed by atoms with E-state index < -0.39 is 0 Å². The van der Waals surface area contributed by atoms with Gasteiger partial charge in [0.1, 0.15) is 12.1 Å². The van der Waals surface area contributed by atoms with Gasteiger partial charge in [0.15, 0.2) is 11.5 Å². The van der Waals surface area contributed by atoms with Gasteiger partial charge in [-0.05, 0) is 59.0 Å². The predicted octanol–water partition coefficient (Wildman–Crippen LogP) is 5.45. The molecule has 2 heterocycles. The normalized spacial score (nSPS) is 13.5. The molecule has 8 heteroatoms. The first-order valence-corrected chi connectivity index (χ1v) is 13.6. The molecule has 0 spiro atoms. The Morgan fingerprint density at radius 2 is 1.73 bits per heavy atom. The lowest BCUT2D eigenvalue weighted by Gasteiger charge is -2.28. The van der Waals surface area contributed by atoms with Gasteiger partial charge in [-0.1, -0.05) is 38.1 Å². The van der Waals surface area contributed by atoms with Gasteiger partial charge in [-0.15, -0.1) is 0 Å². The van der Waals surface area contributed by atoms with Crippen LogP contribution in [0.15, 0.2) is 67.0 Å². The molecule has 0 atom stereocenters. The van der Waals surface area contributed by atoms with Crippen molar-refractivity contribution in [1.29, 1.82) is 0 Å². The molecule has 5 rings (SSSR count). The summed E-state index contributed by atoms with van der Waals surface area (Å²) in [6, 6.07) is 20.0. The summed E-state index contributed by atoms with van der Waals surface area (Å²) in [5, 5.41) is 1.03. The number of benzene rings is 3. The maximum Gasteiger partial charge on any atom is 0.254 e. The average Bonchev–Trinajstić information content (AvgIpc) is 2.99. The van der Waals surface area contributed by atoms with Crippen LogP contribution in [-0.4, -0.2) is 67.8 Å². The summed E-state index contributed by atoms with van der Waals surface area (Å²) < 4.78 is 16.3. The maximum atomic E-state index is 13.6. The molecule has 208 valence electrons. The van der Waals surface area contributed by atoms with Crippen molar-refractivity contribution in [2.24, 2.45) is 5.92 Å². The minimum Gasteiger partial charge on any atom is -0.493 e. The number of morpholine rings is 1. The smallest absolute Gasteiger partial charge is 0.254 e. The van der Waals surface area contributed by atoms with Crippen LogP contribution >= 0.6 is 0 Å². The van der Waals surface area contributed by atoms with Gasteiger partial charge in [-0.2, -0.15) is 0 Å². The summed E-state index contributed by atoms with van der Waals surface area (Å²) in [6.07, 6.45) is 1.63.